The molecule has 0 N–H and O–H groups in total. The summed E-state index contributed by atoms with van der Waals surface area (Å²) in [6, 6.07) is 15.9. The molecule has 4 nitrogen and oxygen atoms in total. The highest BCUT2D eigenvalue weighted by Gasteiger charge is 2.36. The van der Waals surface area contributed by atoms with Crippen LogP contribution >= 0.6 is 39.9 Å². The molecule has 0 radical (unpaired) electrons. The van der Waals surface area contributed by atoms with Gasteiger partial charge in [0, 0.05) is 11.6 Å². The van der Waals surface area contributed by atoms with E-state index in [0.29, 0.717) is 30.5 Å². The van der Waals surface area contributed by atoms with Gasteiger partial charge in [0.2, 0.25) is 5.91 Å². The molecule has 2 aromatic rings. The van der Waals surface area contributed by atoms with Gasteiger partial charge in [0.15, 0.2) is 0 Å². The van der Waals surface area contributed by atoms with Crippen LogP contribution in [0.5, 0.6) is 5.75 Å². The van der Waals surface area contributed by atoms with Gasteiger partial charge in [-0.2, -0.15) is 0 Å². The molecule has 0 saturated carbocycles. The summed E-state index contributed by atoms with van der Waals surface area (Å²) < 4.78 is 12.8. The number of ether oxygens (including phenoxy) is 2. The van der Waals surface area contributed by atoms with E-state index >= 15 is 0 Å². The van der Waals surface area contributed by atoms with E-state index in [9.17, 15) is 4.79 Å². The first-order chi connectivity index (χ1) is 13.1. The second-order valence-corrected chi connectivity index (χ2v) is 8.83. The van der Waals surface area contributed by atoms with E-state index in [4.69, 9.17) is 21.7 Å². The highest BCUT2D eigenvalue weighted by Crippen LogP contribution is 2.32. The number of halogens is 1. The van der Waals surface area contributed by atoms with Crippen molar-refractivity contribution < 1.29 is 14.3 Å². The Balaban J connectivity index is 1.66. The predicted octanol–water partition coefficient (Wildman–Crippen LogP) is 4.45. The minimum atomic E-state index is -0.216. The Bertz CT molecular complexity index is 813. The smallest absolute Gasteiger partial charge is 0.242 e. The largest absolute Gasteiger partial charge is 0.489 e. The van der Waals surface area contributed by atoms with Crippen LogP contribution in [-0.4, -0.2) is 40.6 Å². The first kappa shape index (κ1) is 20.3. The van der Waals surface area contributed by atoms with Crippen molar-refractivity contribution >= 4 is 50.1 Å². The predicted molar refractivity (Wildman–Crippen MR) is 116 cm³/mol. The highest BCUT2D eigenvalue weighted by atomic mass is 79.9. The summed E-state index contributed by atoms with van der Waals surface area (Å²) in [5.41, 5.74) is 2.10. The van der Waals surface area contributed by atoms with E-state index in [2.05, 4.69) is 15.9 Å². The molecule has 142 valence electrons. The number of hydrogen-bond acceptors (Lipinski definition) is 5. The Labute approximate surface area is 177 Å². The van der Waals surface area contributed by atoms with E-state index in [1.54, 1.807) is 12.0 Å². The van der Waals surface area contributed by atoms with Crippen molar-refractivity contribution in [3.8, 4) is 5.75 Å². The van der Waals surface area contributed by atoms with Crippen molar-refractivity contribution in [2.75, 3.05) is 20.3 Å². The standard InChI is InChI=1S/C20H20BrNO3S2/c1-24-11-10-22-19(23)18(27-20(22)26)12-15-4-2-3-5-17(15)25-13-14-6-8-16(21)9-7-14/h2-9,18H,10-13H2,1H3/t18-/m1/s1. The maximum atomic E-state index is 12.7. The van der Waals surface area contributed by atoms with Gasteiger partial charge in [-0.15, -0.1) is 0 Å². The fourth-order valence-electron chi connectivity index (χ4n) is 2.77. The molecule has 27 heavy (non-hydrogen) atoms. The third-order valence-corrected chi connectivity index (χ3v) is 6.32. The number of nitrogens with zero attached hydrogens (tertiary/aromatic N) is 1. The Morgan fingerprint density at radius 3 is 2.67 bits per heavy atom. The van der Waals surface area contributed by atoms with Crippen molar-refractivity contribution in [1.82, 2.24) is 4.90 Å². The van der Waals surface area contributed by atoms with Gasteiger partial charge in [0.05, 0.1) is 18.4 Å². The van der Waals surface area contributed by atoms with Gasteiger partial charge in [-0.05, 0) is 35.7 Å². The topological polar surface area (TPSA) is 38.8 Å². The van der Waals surface area contributed by atoms with E-state index in [1.807, 2.05) is 48.5 Å². The van der Waals surface area contributed by atoms with Crippen molar-refractivity contribution in [3.63, 3.8) is 0 Å². The lowest BCUT2D eigenvalue weighted by Gasteiger charge is -2.16. The molecule has 0 aromatic heterocycles. The van der Waals surface area contributed by atoms with Crippen LogP contribution in [0.4, 0.5) is 0 Å². The van der Waals surface area contributed by atoms with Gasteiger partial charge >= 0.3 is 0 Å². The average molecular weight is 466 g/mol. The molecule has 0 bridgehead atoms. The fraction of sp³-hybridized carbons (Fsp3) is 0.300. The van der Waals surface area contributed by atoms with Gasteiger partial charge in [-0.25, -0.2) is 0 Å². The first-order valence-electron chi connectivity index (χ1n) is 8.54. The maximum absolute atomic E-state index is 12.7. The maximum Gasteiger partial charge on any atom is 0.242 e. The summed E-state index contributed by atoms with van der Waals surface area (Å²) in [6.07, 6.45) is 0.587. The van der Waals surface area contributed by atoms with Crippen molar-refractivity contribution in [2.45, 2.75) is 18.3 Å². The Hall–Kier alpha value is -1.41. The third-order valence-electron chi connectivity index (χ3n) is 4.21. The number of para-hydroxylation sites is 1. The van der Waals surface area contributed by atoms with Crippen molar-refractivity contribution in [2.24, 2.45) is 0 Å². The second kappa shape index (κ2) is 9.68. The summed E-state index contributed by atoms with van der Waals surface area (Å²) in [7, 11) is 1.62. The van der Waals surface area contributed by atoms with Crippen LogP contribution in [0, 0.1) is 0 Å². The van der Waals surface area contributed by atoms with E-state index in [1.165, 1.54) is 11.8 Å². The van der Waals surface area contributed by atoms with Gasteiger partial charge in [0.25, 0.3) is 0 Å². The fourth-order valence-corrected chi connectivity index (χ4v) is 4.60. The molecule has 2 aromatic carbocycles. The number of amides is 1. The second-order valence-electron chi connectivity index (χ2n) is 6.08. The van der Waals surface area contributed by atoms with Crippen LogP contribution in [0.2, 0.25) is 0 Å². The molecule has 1 amide bonds. The molecular weight excluding hydrogens is 446 g/mol. The highest BCUT2D eigenvalue weighted by molar-refractivity contribution is 9.10. The third kappa shape index (κ3) is 5.31. The zero-order valence-electron chi connectivity index (χ0n) is 14.9. The molecule has 1 atom stereocenters. The molecule has 1 saturated heterocycles. The summed E-state index contributed by atoms with van der Waals surface area (Å²) in [5, 5.41) is -0.216. The summed E-state index contributed by atoms with van der Waals surface area (Å²) >= 11 is 10.2. The van der Waals surface area contributed by atoms with Crippen LogP contribution < -0.4 is 4.74 Å². The molecule has 1 fully saturated rings. The Morgan fingerprint density at radius 2 is 1.93 bits per heavy atom. The molecule has 0 aliphatic carbocycles. The number of carbonyl (C=O) groups is 1. The normalized spacial score (nSPS) is 16.8. The van der Waals surface area contributed by atoms with Gasteiger partial charge in [-0.1, -0.05) is 70.2 Å². The van der Waals surface area contributed by atoms with Gasteiger partial charge in [0.1, 0.15) is 16.7 Å². The van der Waals surface area contributed by atoms with Crippen LogP contribution in [0.3, 0.4) is 0 Å². The van der Waals surface area contributed by atoms with Crippen molar-refractivity contribution in [1.29, 1.82) is 0 Å². The number of thiocarbonyl (C=S) groups is 1. The quantitative estimate of drug-likeness (QED) is 0.538. The zero-order chi connectivity index (χ0) is 19.2. The molecule has 1 heterocycles. The number of methoxy groups -OCH3 is 1. The molecule has 3 rings (SSSR count). The lowest BCUT2D eigenvalue weighted by Crippen LogP contribution is -2.34. The molecular formula is C20H20BrNO3S2. The lowest BCUT2D eigenvalue weighted by molar-refractivity contribution is -0.126. The first-order valence-corrected chi connectivity index (χ1v) is 10.6. The van der Waals surface area contributed by atoms with Crippen molar-refractivity contribution in [3.05, 3.63) is 64.1 Å². The number of benzene rings is 2. The lowest BCUT2D eigenvalue weighted by atomic mass is 10.1. The molecule has 0 unspecified atom stereocenters. The number of carbonyl (C=O) groups excluding carboxylic acids is 1. The van der Waals surface area contributed by atoms with Crippen LogP contribution in [0.25, 0.3) is 0 Å². The van der Waals surface area contributed by atoms with Crippen LogP contribution in [-0.2, 0) is 22.6 Å². The number of rotatable bonds is 8. The van der Waals surface area contributed by atoms with Crippen LogP contribution in [0.1, 0.15) is 11.1 Å². The van der Waals surface area contributed by atoms with Crippen LogP contribution in [0.15, 0.2) is 53.0 Å². The molecule has 0 spiro atoms. The molecule has 1 aliphatic rings. The summed E-state index contributed by atoms with van der Waals surface area (Å²) in [6.45, 7) is 1.46. The number of hydrogen-bond donors (Lipinski definition) is 0. The summed E-state index contributed by atoms with van der Waals surface area (Å²) in [5.74, 6) is 0.847. The van der Waals surface area contributed by atoms with E-state index < -0.39 is 0 Å². The minimum absolute atomic E-state index is 0.0461. The SMILES string of the molecule is COCCN1C(=O)[C@@H](Cc2ccccc2OCc2ccc(Br)cc2)SC1=S. The Kier molecular flexibility index (Phi) is 7.29. The average Bonchev–Trinajstić information content (AvgIpc) is 2.93. The molecule has 7 heteroatoms. The summed E-state index contributed by atoms with van der Waals surface area (Å²) in [4.78, 5) is 14.3. The Morgan fingerprint density at radius 1 is 1.19 bits per heavy atom. The minimum Gasteiger partial charge on any atom is -0.489 e. The van der Waals surface area contributed by atoms with E-state index in [0.717, 1.165) is 21.3 Å². The number of thioether (sulfide) groups is 1. The van der Waals surface area contributed by atoms with E-state index in [-0.39, 0.29) is 11.2 Å². The zero-order valence-corrected chi connectivity index (χ0v) is 18.1. The molecule has 1 aliphatic heterocycles. The van der Waals surface area contributed by atoms with Gasteiger partial charge in [-0.3, -0.25) is 9.69 Å². The van der Waals surface area contributed by atoms with Gasteiger partial charge < -0.3 is 9.47 Å². The monoisotopic (exact) mass is 465 g/mol.